The van der Waals surface area contributed by atoms with Crippen LogP contribution in [0.3, 0.4) is 0 Å². The molecule has 1 N–H and O–H groups in total. The highest BCUT2D eigenvalue weighted by Crippen LogP contribution is 2.69. The Morgan fingerprint density at radius 1 is 1.09 bits per heavy atom. The van der Waals surface area contributed by atoms with Gasteiger partial charge in [-0.2, -0.15) is 0 Å². The number of methoxy groups -OCH3 is 1. The molecule has 2 fully saturated rings. The summed E-state index contributed by atoms with van der Waals surface area (Å²) in [6, 6.07) is 11.4. The first-order chi connectivity index (χ1) is 15.4. The smallest absolute Gasteiger partial charge is 0.183 e. The Morgan fingerprint density at radius 2 is 1.67 bits per heavy atom. The number of aliphatic hydroxyl groups is 1. The minimum atomic E-state index is -3.79. The second-order valence-electron chi connectivity index (χ2n) is 11.0. The highest BCUT2D eigenvalue weighted by molar-refractivity contribution is 7.95. The maximum atomic E-state index is 14.9. The van der Waals surface area contributed by atoms with Crippen LogP contribution in [-0.4, -0.2) is 52.9 Å². The minimum absolute atomic E-state index is 0.361. The second kappa shape index (κ2) is 9.27. The molecule has 3 rings (SSSR count). The van der Waals surface area contributed by atoms with Crippen LogP contribution >= 0.6 is 0 Å². The Hall–Kier alpha value is -0.916. The number of aliphatic hydroxyl groups excluding tert-OH is 1. The Labute approximate surface area is 203 Å². The van der Waals surface area contributed by atoms with Crippen molar-refractivity contribution < 1.29 is 18.3 Å². The predicted molar refractivity (Wildman–Crippen MR) is 141 cm³/mol. The first kappa shape index (κ1) is 26.7. The summed E-state index contributed by atoms with van der Waals surface area (Å²) in [6.07, 6.45) is 1.51. The van der Waals surface area contributed by atoms with E-state index in [0.717, 1.165) is 31.0 Å². The molecule has 0 saturated heterocycles. The van der Waals surface area contributed by atoms with Crippen molar-refractivity contribution in [1.29, 1.82) is 0 Å². The molecule has 0 aromatic heterocycles. The van der Waals surface area contributed by atoms with E-state index in [2.05, 4.69) is 51.9 Å². The Bertz CT molecular complexity index is 996. The van der Waals surface area contributed by atoms with Crippen LogP contribution in [0.4, 0.5) is 0 Å². The van der Waals surface area contributed by atoms with Gasteiger partial charge in [0.15, 0.2) is 9.84 Å². The lowest BCUT2D eigenvalue weighted by Crippen LogP contribution is -2.88. The third-order valence-electron chi connectivity index (χ3n) is 8.69. The van der Waals surface area contributed by atoms with Gasteiger partial charge in [0.2, 0.25) is 0 Å². The van der Waals surface area contributed by atoms with Crippen LogP contribution in [0, 0.1) is 23.3 Å². The zero-order valence-corrected chi connectivity index (χ0v) is 24.3. The summed E-state index contributed by atoms with van der Waals surface area (Å²) >= 11 is 0. The molecule has 2 saturated carbocycles. The fraction of sp³-hybridized carbons (Fsp3) is 0.692. The van der Waals surface area contributed by atoms with Gasteiger partial charge in [-0.1, -0.05) is 76.7 Å². The lowest BCUT2D eigenvalue weighted by atomic mass is 9.53. The number of hydrogen-bond donors (Lipinski definition) is 1. The molecule has 0 heterocycles. The monoisotopic (exact) mass is 506 g/mol. The number of benzene rings is 1. The van der Waals surface area contributed by atoms with Crippen molar-refractivity contribution in [3.63, 3.8) is 0 Å². The lowest BCUT2D eigenvalue weighted by Gasteiger charge is -2.72. The fourth-order valence-electron chi connectivity index (χ4n) is 7.14. The van der Waals surface area contributed by atoms with E-state index in [1.54, 1.807) is 31.4 Å². The van der Waals surface area contributed by atoms with Gasteiger partial charge in [-0.05, 0) is 31.4 Å². The molecule has 2 aliphatic rings. The van der Waals surface area contributed by atoms with Crippen LogP contribution in [-0.2, 0) is 14.6 Å². The van der Waals surface area contributed by atoms with Crippen LogP contribution < -0.4 is 0 Å². The summed E-state index contributed by atoms with van der Waals surface area (Å²) in [5.74, 6) is 2.72. The van der Waals surface area contributed by atoms with Gasteiger partial charge in [0.05, 0.1) is 35.0 Å². The summed E-state index contributed by atoms with van der Waals surface area (Å²) in [6.45, 7) is 13.1. The fourth-order valence-corrected chi connectivity index (χ4v) is 19.0. The zero-order chi connectivity index (χ0) is 24.7. The van der Waals surface area contributed by atoms with Crippen molar-refractivity contribution in [2.45, 2.75) is 98.8 Å². The molecule has 0 bridgehead atoms. The topological polar surface area (TPSA) is 63.6 Å². The van der Waals surface area contributed by atoms with Crippen molar-refractivity contribution in [3.05, 3.63) is 30.3 Å². The van der Waals surface area contributed by atoms with Crippen LogP contribution in [0.15, 0.2) is 35.2 Å². The first-order valence-electron chi connectivity index (χ1n) is 12.5. The molecular weight excluding hydrogens is 465 g/mol. The van der Waals surface area contributed by atoms with Crippen molar-refractivity contribution in [1.82, 2.24) is 0 Å². The summed E-state index contributed by atoms with van der Waals surface area (Å²) < 4.78 is 34.9. The first-order valence-corrected chi connectivity index (χ1v) is 20.1. The SMILES string of the molecule is CC[Si](CC)(CC)[C@]1(S(=O)(=O)c2ccccc2)[C@H](C#C[Si](C)(C)C)[C@]2(OC)CCC[C@@H](O)[C@@H]21. The highest BCUT2D eigenvalue weighted by Gasteiger charge is 2.83. The molecule has 5 atom stereocenters. The van der Waals surface area contributed by atoms with Crippen LogP contribution in [0.25, 0.3) is 0 Å². The quantitative estimate of drug-likeness (QED) is 0.402. The van der Waals surface area contributed by atoms with Gasteiger partial charge in [-0.3, -0.25) is 0 Å². The van der Waals surface area contributed by atoms with Gasteiger partial charge in [0, 0.05) is 13.0 Å². The third kappa shape index (κ3) is 3.72. The van der Waals surface area contributed by atoms with E-state index in [-0.39, 0.29) is 0 Å². The molecule has 2 aliphatic carbocycles. The molecule has 0 radical (unpaired) electrons. The molecule has 184 valence electrons. The second-order valence-corrected chi connectivity index (χ2v) is 23.8. The molecule has 0 spiro atoms. The van der Waals surface area contributed by atoms with Gasteiger partial charge in [-0.25, -0.2) is 8.42 Å². The summed E-state index contributed by atoms with van der Waals surface area (Å²) in [5.41, 5.74) is 2.83. The standard InChI is InChI=1S/C26H42O4SSi2/c1-8-33(9-2,10-3)26(31(28,29)21-15-12-11-13-16-21)23(18-20-32(5,6)7)25(30-4)19-14-17-22(27)24(25)26/h11-13,15-16,22-24,27H,8-10,14,17,19H2,1-7H3/t22-,23-,24+,25-,26-/m1/s1. The maximum Gasteiger partial charge on any atom is 0.183 e. The number of rotatable bonds is 7. The molecule has 7 heteroatoms. The molecule has 0 amide bonds. The Balaban J connectivity index is 2.46. The third-order valence-corrected chi connectivity index (χ3v) is 20.3. The predicted octanol–water partition coefficient (Wildman–Crippen LogP) is 5.30. The molecular formula is C26H42O4SSi2. The number of ether oxygens (including phenoxy) is 1. The molecule has 0 aliphatic heterocycles. The Morgan fingerprint density at radius 3 is 2.15 bits per heavy atom. The Kier molecular flexibility index (Phi) is 7.50. The molecule has 33 heavy (non-hydrogen) atoms. The van der Waals surface area contributed by atoms with Gasteiger partial charge in [-0.15, -0.1) is 11.5 Å². The van der Waals surface area contributed by atoms with Crippen LogP contribution in [0.2, 0.25) is 37.8 Å². The van der Waals surface area contributed by atoms with Crippen molar-refractivity contribution in [3.8, 4) is 11.5 Å². The van der Waals surface area contributed by atoms with Crippen LogP contribution in [0.1, 0.15) is 40.0 Å². The highest BCUT2D eigenvalue weighted by atomic mass is 32.2. The molecule has 4 nitrogen and oxygen atoms in total. The maximum absolute atomic E-state index is 14.9. The van der Waals surface area contributed by atoms with E-state index in [1.807, 2.05) is 6.07 Å². The van der Waals surface area contributed by atoms with E-state index in [0.29, 0.717) is 11.3 Å². The summed E-state index contributed by atoms with van der Waals surface area (Å²) in [7, 11) is -6.36. The molecule has 0 unspecified atom stereocenters. The van der Waals surface area contributed by atoms with Gasteiger partial charge >= 0.3 is 0 Å². The molecule has 1 aromatic rings. The molecule has 1 aromatic carbocycles. The largest absolute Gasteiger partial charge is 0.393 e. The van der Waals surface area contributed by atoms with Crippen molar-refractivity contribution in [2.24, 2.45) is 11.8 Å². The van der Waals surface area contributed by atoms with E-state index >= 15 is 0 Å². The van der Waals surface area contributed by atoms with Crippen LogP contribution in [0.5, 0.6) is 0 Å². The van der Waals surface area contributed by atoms with E-state index < -0.39 is 53.9 Å². The average Bonchev–Trinajstić information content (AvgIpc) is 2.77. The zero-order valence-electron chi connectivity index (χ0n) is 21.4. The normalized spacial score (nSPS) is 32.3. The number of fused-ring (bicyclic) bond motifs is 1. The van der Waals surface area contributed by atoms with E-state index in [4.69, 9.17) is 4.74 Å². The summed E-state index contributed by atoms with van der Waals surface area (Å²) in [5, 5.41) is 11.5. The lowest BCUT2D eigenvalue weighted by molar-refractivity contribution is -0.219. The van der Waals surface area contributed by atoms with Gasteiger partial charge in [0.1, 0.15) is 8.07 Å². The number of sulfone groups is 1. The van der Waals surface area contributed by atoms with Crippen molar-refractivity contribution in [2.75, 3.05) is 7.11 Å². The van der Waals surface area contributed by atoms with E-state index in [1.165, 1.54) is 0 Å². The summed E-state index contributed by atoms with van der Waals surface area (Å²) in [4.78, 5) is 0.361. The van der Waals surface area contributed by atoms with Crippen molar-refractivity contribution >= 4 is 26.0 Å². The average molecular weight is 507 g/mol. The van der Waals surface area contributed by atoms with E-state index in [9.17, 15) is 13.5 Å². The number of hydrogen-bond acceptors (Lipinski definition) is 4. The minimum Gasteiger partial charge on any atom is -0.393 e. The van der Waals surface area contributed by atoms with Gasteiger partial charge < -0.3 is 9.84 Å². The van der Waals surface area contributed by atoms with Gasteiger partial charge in [0.25, 0.3) is 0 Å².